The largest absolute Gasteiger partial charge is 0.480 e. The van der Waals surface area contributed by atoms with Crippen LogP contribution >= 0.6 is 0 Å². The van der Waals surface area contributed by atoms with Gasteiger partial charge in [0, 0.05) is 25.4 Å². The minimum absolute atomic E-state index is 0.221. The van der Waals surface area contributed by atoms with Gasteiger partial charge >= 0.3 is 5.97 Å². The monoisotopic (exact) mass is 267 g/mol. The topological polar surface area (TPSA) is 84.2 Å². The molecule has 0 aliphatic heterocycles. The highest BCUT2D eigenvalue weighted by atomic mass is 16.4. The van der Waals surface area contributed by atoms with Crippen LogP contribution in [-0.4, -0.2) is 32.8 Å². The Morgan fingerprint density at radius 3 is 2.63 bits per heavy atom. The highest BCUT2D eigenvalue weighted by Crippen LogP contribution is 2.06. The predicted octanol–water partition coefficient (Wildman–Crippen LogP) is 0.968. The fourth-order valence-corrected chi connectivity index (χ4v) is 1.85. The average molecular weight is 267 g/mol. The van der Waals surface area contributed by atoms with E-state index in [1.165, 1.54) is 0 Å². The van der Waals surface area contributed by atoms with Crippen LogP contribution < -0.4 is 5.32 Å². The van der Waals surface area contributed by atoms with Crippen LogP contribution in [0.25, 0.3) is 0 Å². The summed E-state index contributed by atoms with van der Waals surface area (Å²) in [7, 11) is 1.81. The molecule has 0 bridgehead atoms. The number of nitrogens with one attached hydrogen (secondary N) is 1. The van der Waals surface area contributed by atoms with E-state index in [1.807, 2.05) is 27.0 Å². The van der Waals surface area contributed by atoms with Crippen molar-refractivity contribution < 1.29 is 14.7 Å². The summed E-state index contributed by atoms with van der Waals surface area (Å²) in [6, 6.07) is 1.04. The first kappa shape index (κ1) is 15.2. The zero-order chi connectivity index (χ0) is 14.4. The summed E-state index contributed by atoms with van der Waals surface area (Å²) < 4.78 is 1.70. The lowest BCUT2D eigenvalue weighted by molar-refractivity contribution is -0.142. The molecule has 0 aliphatic rings. The number of carbonyl (C=O) groups is 2. The van der Waals surface area contributed by atoms with Gasteiger partial charge in [0.15, 0.2) is 0 Å². The van der Waals surface area contributed by atoms with Gasteiger partial charge in [-0.05, 0) is 24.8 Å². The molecule has 6 heteroatoms. The van der Waals surface area contributed by atoms with Crippen LogP contribution in [0.1, 0.15) is 32.4 Å². The Balaban J connectivity index is 2.45. The van der Waals surface area contributed by atoms with Crippen LogP contribution in [0.4, 0.5) is 0 Å². The van der Waals surface area contributed by atoms with Crippen molar-refractivity contribution in [3.8, 4) is 0 Å². The van der Waals surface area contributed by atoms with Gasteiger partial charge in [-0.2, -0.15) is 5.10 Å². The zero-order valence-corrected chi connectivity index (χ0v) is 11.6. The molecule has 0 spiro atoms. The lowest BCUT2D eigenvalue weighted by Gasteiger charge is -2.16. The Morgan fingerprint density at radius 2 is 2.16 bits per heavy atom. The molecule has 0 unspecified atom stereocenters. The molecule has 0 aliphatic carbocycles. The van der Waals surface area contributed by atoms with Gasteiger partial charge in [-0.3, -0.25) is 9.48 Å². The third kappa shape index (κ3) is 5.11. The molecule has 1 atom stereocenters. The molecule has 1 heterocycles. The van der Waals surface area contributed by atoms with E-state index < -0.39 is 12.0 Å². The number of carboxylic acid groups (broad SMARTS) is 1. The van der Waals surface area contributed by atoms with E-state index in [2.05, 4.69) is 10.4 Å². The number of carboxylic acids is 1. The van der Waals surface area contributed by atoms with Crippen LogP contribution in [0.3, 0.4) is 0 Å². The summed E-state index contributed by atoms with van der Waals surface area (Å²) in [6.07, 6.45) is 2.93. The van der Waals surface area contributed by atoms with Crippen molar-refractivity contribution in [1.82, 2.24) is 15.1 Å². The van der Waals surface area contributed by atoms with E-state index in [1.54, 1.807) is 10.9 Å². The predicted molar refractivity (Wildman–Crippen MR) is 70.6 cm³/mol. The fourth-order valence-electron chi connectivity index (χ4n) is 1.85. The molecule has 0 fully saturated rings. The molecular formula is C13H21N3O3. The normalized spacial score (nSPS) is 12.4. The first-order valence-corrected chi connectivity index (χ1v) is 6.39. The van der Waals surface area contributed by atoms with Crippen LogP contribution in [0.5, 0.6) is 0 Å². The number of amides is 1. The number of carbonyl (C=O) groups excluding carboxylic acids is 1. The van der Waals surface area contributed by atoms with Gasteiger partial charge in [-0.25, -0.2) is 4.79 Å². The number of aryl methyl sites for hydroxylation is 2. The van der Waals surface area contributed by atoms with Crippen molar-refractivity contribution in [2.75, 3.05) is 0 Å². The lowest BCUT2D eigenvalue weighted by Crippen LogP contribution is -2.41. The van der Waals surface area contributed by atoms with Crippen molar-refractivity contribution in [1.29, 1.82) is 0 Å². The maximum Gasteiger partial charge on any atom is 0.326 e. The lowest BCUT2D eigenvalue weighted by atomic mass is 10.0. The standard InChI is InChI=1S/C13H21N3O3/c1-9(2)8-11(13(18)19)15-12(17)5-4-10-6-7-14-16(10)3/h6-7,9,11H,4-5,8H2,1-3H3,(H,15,17)(H,18,19)/t11-/m1/s1. The average Bonchev–Trinajstić information content (AvgIpc) is 2.70. The van der Waals surface area contributed by atoms with Gasteiger partial charge in [0.05, 0.1) is 0 Å². The summed E-state index contributed by atoms with van der Waals surface area (Å²) >= 11 is 0. The third-order valence-electron chi connectivity index (χ3n) is 2.87. The minimum atomic E-state index is -0.984. The van der Waals surface area contributed by atoms with Crippen LogP contribution in [0.15, 0.2) is 12.3 Å². The second-order valence-corrected chi connectivity index (χ2v) is 5.03. The first-order valence-electron chi connectivity index (χ1n) is 6.39. The van der Waals surface area contributed by atoms with Gasteiger partial charge in [0.1, 0.15) is 6.04 Å². The van der Waals surface area contributed by atoms with Crippen molar-refractivity contribution in [2.45, 2.75) is 39.2 Å². The van der Waals surface area contributed by atoms with E-state index in [0.29, 0.717) is 12.8 Å². The van der Waals surface area contributed by atoms with E-state index in [0.717, 1.165) is 5.69 Å². The quantitative estimate of drug-likeness (QED) is 0.771. The second kappa shape index (κ2) is 6.92. The first-order chi connectivity index (χ1) is 8.90. The molecule has 2 N–H and O–H groups in total. The van der Waals surface area contributed by atoms with Gasteiger partial charge in [-0.1, -0.05) is 13.8 Å². The van der Waals surface area contributed by atoms with Crippen molar-refractivity contribution in [3.05, 3.63) is 18.0 Å². The summed E-state index contributed by atoms with van der Waals surface area (Å²) in [5.41, 5.74) is 0.950. The van der Waals surface area contributed by atoms with Crippen molar-refractivity contribution in [2.24, 2.45) is 13.0 Å². The van der Waals surface area contributed by atoms with E-state index in [9.17, 15) is 9.59 Å². The van der Waals surface area contributed by atoms with Crippen LogP contribution in [-0.2, 0) is 23.1 Å². The number of nitrogens with zero attached hydrogens (tertiary/aromatic N) is 2. The fraction of sp³-hybridized carbons (Fsp3) is 0.615. The van der Waals surface area contributed by atoms with E-state index in [-0.39, 0.29) is 18.2 Å². The summed E-state index contributed by atoms with van der Waals surface area (Å²) in [6.45, 7) is 3.86. The molecule has 6 nitrogen and oxygen atoms in total. The molecule has 0 radical (unpaired) electrons. The number of hydrogen-bond acceptors (Lipinski definition) is 3. The molecule has 1 rings (SSSR count). The Bertz CT molecular complexity index is 440. The Kier molecular flexibility index (Phi) is 5.54. The van der Waals surface area contributed by atoms with Gasteiger partial charge in [0.25, 0.3) is 0 Å². The minimum Gasteiger partial charge on any atom is -0.480 e. The van der Waals surface area contributed by atoms with Gasteiger partial charge < -0.3 is 10.4 Å². The molecule has 106 valence electrons. The molecule has 1 aromatic rings. The zero-order valence-electron chi connectivity index (χ0n) is 11.6. The number of aliphatic carboxylic acids is 1. The highest BCUT2D eigenvalue weighted by Gasteiger charge is 2.20. The Morgan fingerprint density at radius 1 is 1.47 bits per heavy atom. The van der Waals surface area contributed by atoms with Crippen LogP contribution in [0.2, 0.25) is 0 Å². The molecular weight excluding hydrogens is 246 g/mol. The smallest absolute Gasteiger partial charge is 0.326 e. The summed E-state index contributed by atoms with van der Waals surface area (Å²) in [4.78, 5) is 22.8. The molecule has 19 heavy (non-hydrogen) atoms. The second-order valence-electron chi connectivity index (χ2n) is 5.03. The Hall–Kier alpha value is -1.85. The highest BCUT2D eigenvalue weighted by molar-refractivity contribution is 5.83. The number of rotatable bonds is 7. The van der Waals surface area contributed by atoms with E-state index >= 15 is 0 Å². The van der Waals surface area contributed by atoms with Crippen LogP contribution in [0, 0.1) is 5.92 Å². The summed E-state index contributed by atoms with van der Waals surface area (Å²) in [5.74, 6) is -1.00. The van der Waals surface area contributed by atoms with Crippen molar-refractivity contribution in [3.63, 3.8) is 0 Å². The van der Waals surface area contributed by atoms with Crippen molar-refractivity contribution >= 4 is 11.9 Å². The summed E-state index contributed by atoms with van der Waals surface area (Å²) in [5, 5.41) is 15.6. The van der Waals surface area contributed by atoms with Gasteiger partial charge in [-0.15, -0.1) is 0 Å². The maximum atomic E-state index is 11.7. The SMILES string of the molecule is CC(C)C[C@@H](NC(=O)CCc1ccnn1C)C(=O)O. The molecule has 1 aromatic heterocycles. The van der Waals surface area contributed by atoms with E-state index in [4.69, 9.17) is 5.11 Å². The molecule has 0 saturated carbocycles. The Labute approximate surface area is 112 Å². The van der Waals surface area contributed by atoms with Gasteiger partial charge in [0.2, 0.25) is 5.91 Å². The number of hydrogen-bond donors (Lipinski definition) is 2. The third-order valence-corrected chi connectivity index (χ3v) is 2.87. The number of aromatic nitrogens is 2. The molecule has 1 amide bonds. The molecule has 0 saturated heterocycles. The molecule has 0 aromatic carbocycles. The maximum absolute atomic E-state index is 11.7.